The zero-order chi connectivity index (χ0) is 19.3. The highest BCUT2D eigenvalue weighted by Crippen LogP contribution is 2.20. The maximum atomic E-state index is 12.8. The van der Waals surface area contributed by atoms with Gasteiger partial charge in [0, 0.05) is 11.9 Å². The number of hydrogen-bond donors (Lipinski definition) is 1. The standard InChI is InChI=1S/C23H20N4O/c1-17(27-16-25-21-10-2-3-11-22(21)27)23(28)26-20-9-6-7-18(15-20)12-13-19-8-4-5-14-24-19/h2-17H,1H3,(H,26,28)/b13-12+. The van der Waals surface area contributed by atoms with Gasteiger partial charge in [0.05, 0.1) is 23.1 Å². The van der Waals surface area contributed by atoms with E-state index in [4.69, 9.17) is 0 Å². The van der Waals surface area contributed by atoms with Crippen LogP contribution in [0.25, 0.3) is 23.2 Å². The number of benzene rings is 2. The van der Waals surface area contributed by atoms with Gasteiger partial charge in [0.1, 0.15) is 6.04 Å². The molecule has 0 aliphatic rings. The third kappa shape index (κ3) is 3.83. The number of pyridine rings is 1. The fourth-order valence-electron chi connectivity index (χ4n) is 3.04. The van der Waals surface area contributed by atoms with Crippen molar-refractivity contribution in [3.8, 4) is 0 Å². The molecule has 0 saturated carbocycles. The first-order chi connectivity index (χ1) is 13.7. The molecule has 2 heterocycles. The van der Waals surface area contributed by atoms with Crippen LogP contribution in [0.4, 0.5) is 5.69 Å². The number of carbonyl (C=O) groups excluding carboxylic acids is 1. The van der Waals surface area contributed by atoms with Gasteiger partial charge in [-0.05, 0) is 55.0 Å². The number of para-hydroxylation sites is 2. The number of fused-ring (bicyclic) bond motifs is 1. The highest BCUT2D eigenvalue weighted by Gasteiger charge is 2.17. The van der Waals surface area contributed by atoms with E-state index in [1.165, 1.54) is 0 Å². The molecule has 0 bridgehead atoms. The summed E-state index contributed by atoms with van der Waals surface area (Å²) < 4.78 is 1.88. The third-order valence-corrected chi connectivity index (χ3v) is 4.57. The first-order valence-corrected chi connectivity index (χ1v) is 9.12. The van der Waals surface area contributed by atoms with E-state index >= 15 is 0 Å². The monoisotopic (exact) mass is 368 g/mol. The zero-order valence-corrected chi connectivity index (χ0v) is 15.5. The lowest BCUT2D eigenvalue weighted by atomic mass is 10.1. The predicted molar refractivity (Wildman–Crippen MR) is 113 cm³/mol. The summed E-state index contributed by atoms with van der Waals surface area (Å²) in [6.07, 6.45) is 7.39. The Morgan fingerprint density at radius 1 is 1.00 bits per heavy atom. The van der Waals surface area contributed by atoms with Crippen molar-refractivity contribution in [3.05, 3.63) is 90.5 Å². The molecule has 1 atom stereocenters. The number of carbonyl (C=O) groups is 1. The molecule has 138 valence electrons. The Balaban J connectivity index is 1.49. The fourth-order valence-corrected chi connectivity index (χ4v) is 3.04. The third-order valence-electron chi connectivity index (χ3n) is 4.57. The Kier molecular flexibility index (Phi) is 4.97. The summed E-state index contributed by atoms with van der Waals surface area (Å²) in [7, 11) is 0. The lowest BCUT2D eigenvalue weighted by molar-refractivity contribution is -0.118. The van der Waals surface area contributed by atoms with Crippen LogP contribution in [0.1, 0.15) is 24.2 Å². The number of imidazole rings is 1. The van der Waals surface area contributed by atoms with E-state index in [-0.39, 0.29) is 11.9 Å². The summed E-state index contributed by atoms with van der Waals surface area (Å²) in [5.74, 6) is -0.0889. The number of nitrogens with one attached hydrogen (secondary N) is 1. The van der Waals surface area contributed by atoms with Crippen molar-refractivity contribution in [1.29, 1.82) is 0 Å². The quantitative estimate of drug-likeness (QED) is 0.550. The van der Waals surface area contributed by atoms with E-state index < -0.39 is 0 Å². The first kappa shape index (κ1) is 17.7. The number of anilines is 1. The minimum Gasteiger partial charge on any atom is -0.324 e. The Labute approximate surface area is 163 Å². The largest absolute Gasteiger partial charge is 0.324 e. The summed E-state index contributed by atoms with van der Waals surface area (Å²) >= 11 is 0. The van der Waals surface area contributed by atoms with E-state index in [1.54, 1.807) is 12.5 Å². The van der Waals surface area contributed by atoms with Crippen LogP contribution in [0.2, 0.25) is 0 Å². The van der Waals surface area contributed by atoms with E-state index in [0.29, 0.717) is 0 Å². The SMILES string of the molecule is CC(C(=O)Nc1cccc(/C=C/c2ccccn2)c1)n1cnc2ccccc21. The molecule has 4 rings (SSSR count). The van der Waals surface area contributed by atoms with Crippen molar-refractivity contribution in [3.63, 3.8) is 0 Å². The average Bonchev–Trinajstić information content (AvgIpc) is 3.17. The van der Waals surface area contributed by atoms with E-state index in [0.717, 1.165) is 28.0 Å². The maximum absolute atomic E-state index is 12.8. The molecule has 0 aliphatic carbocycles. The minimum absolute atomic E-state index is 0.0889. The van der Waals surface area contributed by atoms with Gasteiger partial charge >= 0.3 is 0 Å². The molecule has 28 heavy (non-hydrogen) atoms. The minimum atomic E-state index is -0.375. The highest BCUT2D eigenvalue weighted by atomic mass is 16.2. The van der Waals surface area contributed by atoms with Gasteiger partial charge in [-0.3, -0.25) is 9.78 Å². The summed E-state index contributed by atoms with van der Waals surface area (Å²) in [6.45, 7) is 1.87. The van der Waals surface area contributed by atoms with Crippen LogP contribution in [0.15, 0.2) is 79.3 Å². The zero-order valence-electron chi connectivity index (χ0n) is 15.5. The second-order valence-electron chi connectivity index (χ2n) is 6.52. The van der Waals surface area contributed by atoms with Crippen molar-refractivity contribution in [2.24, 2.45) is 0 Å². The van der Waals surface area contributed by atoms with Gasteiger partial charge in [-0.25, -0.2) is 4.98 Å². The summed E-state index contributed by atoms with van der Waals surface area (Å²) in [5.41, 5.74) is 4.45. The second-order valence-corrected chi connectivity index (χ2v) is 6.52. The van der Waals surface area contributed by atoms with Crippen molar-refractivity contribution in [2.75, 3.05) is 5.32 Å². The van der Waals surface area contributed by atoms with Crippen molar-refractivity contribution >= 4 is 34.8 Å². The molecular weight excluding hydrogens is 348 g/mol. The molecule has 5 nitrogen and oxygen atoms in total. The number of hydrogen-bond acceptors (Lipinski definition) is 3. The fraction of sp³-hybridized carbons (Fsp3) is 0.0870. The molecule has 5 heteroatoms. The van der Waals surface area contributed by atoms with Crippen LogP contribution in [0.5, 0.6) is 0 Å². The van der Waals surface area contributed by atoms with E-state index in [9.17, 15) is 4.79 Å². The number of rotatable bonds is 5. The number of aromatic nitrogens is 3. The van der Waals surface area contributed by atoms with Crippen LogP contribution in [-0.4, -0.2) is 20.4 Å². The Bertz CT molecular complexity index is 1130. The molecule has 1 N–H and O–H groups in total. The Hall–Kier alpha value is -3.73. The van der Waals surface area contributed by atoms with Gasteiger partial charge in [0.2, 0.25) is 5.91 Å². The Morgan fingerprint density at radius 2 is 1.86 bits per heavy atom. The van der Waals surface area contributed by atoms with Gasteiger partial charge in [-0.15, -0.1) is 0 Å². The van der Waals surface area contributed by atoms with Gasteiger partial charge in [0.25, 0.3) is 0 Å². The lowest BCUT2D eigenvalue weighted by Crippen LogP contribution is -2.23. The van der Waals surface area contributed by atoms with Gasteiger partial charge < -0.3 is 9.88 Å². The summed E-state index contributed by atoms with van der Waals surface area (Å²) in [5, 5.41) is 3.00. The Morgan fingerprint density at radius 3 is 2.71 bits per heavy atom. The van der Waals surface area contributed by atoms with Crippen LogP contribution in [0, 0.1) is 0 Å². The van der Waals surface area contributed by atoms with Crippen LogP contribution < -0.4 is 5.32 Å². The molecule has 2 aromatic heterocycles. The normalized spacial score (nSPS) is 12.3. The van der Waals surface area contributed by atoms with E-state index in [1.807, 2.05) is 90.4 Å². The average molecular weight is 368 g/mol. The lowest BCUT2D eigenvalue weighted by Gasteiger charge is -2.15. The molecule has 0 spiro atoms. The summed E-state index contributed by atoms with van der Waals surface area (Å²) in [4.78, 5) is 21.4. The predicted octanol–water partition coefficient (Wildman–Crippen LogP) is 4.80. The van der Waals surface area contributed by atoms with Crippen LogP contribution in [-0.2, 0) is 4.79 Å². The van der Waals surface area contributed by atoms with Crippen LogP contribution >= 0.6 is 0 Å². The maximum Gasteiger partial charge on any atom is 0.247 e. The van der Waals surface area contributed by atoms with Gasteiger partial charge in [-0.2, -0.15) is 0 Å². The van der Waals surface area contributed by atoms with Crippen molar-refractivity contribution in [1.82, 2.24) is 14.5 Å². The number of amides is 1. The molecule has 0 saturated heterocycles. The van der Waals surface area contributed by atoms with Gasteiger partial charge in [-0.1, -0.05) is 36.4 Å². The molecule has 4 aromatic rings. The molecule has 1 amide bonds. The second kappa shape index (κ2) is 7.88. The van der Waals surface area contributed by atoms with Crippen molar-refractivity contribution < 1.29 is 4.79 Å². The molecular formula is C23H20N4O. The molecule has 0 aliphatic heterocycles. The molecule has 0 fully saturated rings. The summed E-state index contributed by atoms with van der Waals surface area (Å²) in [6, 6.07) is 20.9. The highest BCUT2D eigenvalue weighted by molar-refractivity contribution is 5.95. The van der Waals surface area contributed by atoms with Crippen LogP contribution in [0.3, 0.4) is 0 Å². The first-order valence-electron chi connectivity index (χ1n) is 9.12. The van der Waals surface area contributed by atoms with Crippen molar-refractivity contribution in [2.45, 2.75) is 13.0 Å². The number of nitrogens with zero attached hydrogens (tertiary/aromatic N) is 3. The molecule has 0 radical (unpaired) electrons. The smallest absolute Gasteiger partial charge is 0.247 e. The van der Waals surface area contributed by atoms with Gasteiger partial charge in [0.15, 0.2) is 0 Å². The van der Waals surface area contributed by atoms with E-state index in [2.05, 4.69) is 15.3 Å². The molecule has 2 aromatic carbocycles. The molecule has 1 unspecified atom stereocenters. The topological polar surface area (TPSA) is 59.8 Å².